The highest BCUT2D eigenvalue weighted by Crippen LogP contribution is 2.45. The lowest BCUT2D eigenvalue weighted by Crippen LogP contribution is -2.32. The number of rotatable bonds is 10. The summed E-state index contributed by atoms with van der Waals surface area (Å²) in [6.45, 7) is 2.59. The number of aromatic nitrogens is 2. The van der Waals surface area contributed by atoms with E-state index in [4.69, 9.17) is 18.6 Å². The number of carbonyl (C=O) groups excluding carboxylic acids is 2. The number of aliphatic hydroxyl groups is 1. The highest BCUT2D eigenvalue weighted by molar-refractivity contribution is 6.15. The Morgan fingerprint density at radius 2 is 1.83 bits per heavy atom. The summed E-state index contributed by atoms with van der Waals surface area (Å²) >= 11 is 0. The van der Waals surface area contributed by atoms with Crippen LogP contribution in [0.15, 0.2) is 58.7 Å². The lowest BCUT2D eigenvalue weighted by molar-refractivity contribution is -0.129. The molecule has 0 radical (unpaired) electrons. The second kappa shape index (κ2) is 9.96. The number of methoxy groups -OCH3 is 3. The van der Waals surface area contributed by atoms with Gasteiger partial charge >= 0.3 is 0 Å². The van der Waals surface area contributed by atoms with Crippen LogP contribution in [0.4, 0.5) is 0 Å². The average Bonchev–Trinajstić information content (AvgIpc) is 3.59. The van der Waals surface area contributed by atoms with E-state index in [-0.39, 0.29) is 17.9 Å². The van der Waals surface area contributed by atoms with E-state index in [1.54, 1.807) is 37.6 Å². The molecule has 1 N–H and O–H groups in total. The molecule has 0 saturated carbocycles. The highest BCUT2D eigenvalue weighted by atomic mass is 16.5. The van der Waals surface area contributed by atoms with Gasteiger partial charge in [-0.05, 0) is 43.2 Å². The molecule has 1 aliphatic rings. The maximum Gasteiger partial charge on any atom is 0.290 e. The van der Waals surface area contributed by atoms with E-state index in [1.807, 2.05) is 10.8 Å². The number of aryl methyl sites for hydroxylation is 2. The van der Waals surface area contributed by atoms with Gasteiger partial charge < -0.3 is 33.2 Å². The van der Waals surface area contributed by atoms with Crippen molar-refractivity contribution in [2.45, 2.75) is 25.9 Å². The number of hydrogen-bond donors (Lipinski definition) is 1. The van der Waals surface area contributed by atoms with Gasteiger partial charge in [0.25, 0.3) is 5.91 Å². The minimum atomic E-state index is -0.892. The first-order chi connectivity index (χ1) is 16.9. The van der Waals surface area contributed by atoms with Gasteiger partial charge in [0, 0.05) is 25.5 Å². The van der Waals surface area contributed by atoms with Crippen LogP contribution in [0.5, 0.6) is 17.2 Å². The molecule has 3 aromatic rings. The van der Waals surface area contributed by atoms with Crippen LogP contribution in [0, 0.1) is 6.92 Å². The zero-order chi connectivity index (χ0) is 25.1. The van der Waals surface area contributed by atoms with Crippen LogP contribution in [0.25, 0.3) is 0 Å². The predicted molar refractivity (Wildman–Crippen MR) is 125 cm³/mol. The number of imidazole rings is 1. The summed E-state index contributed by atoms with van der Waals surface area (Å²) in [6.07, 6.45) is 5.76. The number of benzene rings is 1. The van der Waals surface area contributed by atoms with Gasteiger partial charge in [-0.2, -0.15) is 0 Å². The molecule has 2 aromatic heterocycles. The number of amides is 1. The molecule has 1 atom stereocenters. The number of carbonyl (C=O) groups is 2. The van der Waals surface area contributed by atoms with E-state index in [1.165, 1.54) is 32.3 Å². The van der Waals surface area contributed by atoms with Crippen LogP contribution in [0.2, 0.25) is 0 Å². The minimum Gasteiger partial charge on any atom is -0.503 e. The molecule has 3 heterocycles. The third-order valence-corrected chi connectivity index (χ3v) is 5.89. The fourth-order valence-electron chi connectivity index (χ4n) is 4.25. The average molecular weight is 482 g/mol. The molecule has 35 heavy (non-hydrogen) atoms. The van der Waals surface area contributed by atoms with E-state index in [9.17, 15) is 14.7 Å². The fraction of sp³-hybridized carbons (Fsp3) is 0.320. The molecule has 0 aliphatic carbocycles. The Morgan fingerprint density at radius 1 is 1.11 bits per heavy atom. The van der Waals surface area contributed by atoms with E-state index in [2.05, 4.69) is 4.98 Å². The molecule has 0 saturated heterocycles. The number of ether oxygens (including phenoxy) is 3. The maximum absolute atomic E-state index is 13.4. The molecular formula is C25H27N3O7. The summed E-state index contributed by atoms with van der Waals surface area (Å²) in [5.41, 5.74) is 0.451. The summed E-state index contributed by atoms with van der Waals surface area (Å²) in [7, 11) is 4.45. The van der Waals surface area contributed by atoms with Crippen molar-refractivity contribution in [3.8, 4) is 17.2 Å². The molecular weight excluding hydrogens is 454 g/mol. The first-order valence-electron chi connectivity index (χ1n) is 11.0. The van der Waals surface area contributed by atoms with Crippen molar-refractivity contribution in [2.75, 3.05) is 27.9 Å². The fourth-order valence-corrected chi connectivity index (χ4v) is 4.25. The zero-order valence-corrected chi connectivity index (χ0v) is 20.0. The Labute approximate surface area is 202 Å². The molecule has 0 bridgehead atoms. The summed E-state index contributed by atoms with van der Waals surface area (Å²) in [4.78, 5) is 32.1. The van der Waals surface area contributed by atoms with Crippen LogP contribution in [-0.2, 0) is 11.3 Å². The van der Waals surface area contributed by atoms with Gasteiger partial charge in [-0.25, -0.2) is 4.98 Å². The molecule has 0 spiro atoms. The molecule has 1 aromatic carbocycles. The Morgan fingerprint density at radius 3 is 2.37 bits per heavy atom. The lowest BCUT2D eigenvalue weighted by Gasteiger charge is -2.27. The molecule has 1 aliphatic heterocycles. The Kier molecular flexibility index (Phi) is 6.81. The van der Waals surface area contributed by atoms with E-state index in [0.717, 1.165) is 0 Å². The van der Waals surface area contributed by atoms with E-state index in [0.29, 0.717) is 41.5 Å². The molecule has 10 nitrogen and oxygen atoms in total. The molecule has 0 unspecified atom stereocenters. The third kappa shape index (κ3) is 4.46. The van der Waals surface area contributed by atoms with Crippen LogP contribution in [-0.4, -0.2) is 59.1 Å². The summed E-state index contributed by atoms with van der Waals surface area (Å²) in [5, 5.41) is 10.9. The number of ketones is 1. The van der Waals surface area contributed by atoms with Crippen molar-refractivity contribution in [3.63, 3.8) is 0 Å². The smallest absolute Gasteiger partial charge is 0.290 e. The molecule has 1 amide bonds. The molecule has 184 valence electrons. The lowest BCUT2D eigenvalue weighted by atomic mass is 9.94. The SMILES string of the molecule is COc1cc([C@@H]2C(C(=O)c3ccc(C)o3)=C(O)C(=O)N2CCCn2ccnc2)cc(OC)c1OC. The van der Waals surface area contributed by atoms with Crippen LogP contribution in [0.3, 0.4) is 0 Å². The minimum absolute atomic E-state index is 0.0366. The van der Waals surface area contributed by atoms with Gasteiger partial charge in [0.2, 0.25) is 11.5 Å². The monoisotopic (exact) mass is 481 g/mol. The van der Waals surface area contributed by atoms with Gasteiger partial charge in [-0.15, -0.1) is 0 Å². The Hall–Kier alpha value is -4.21. The van der Waals surface area contributed by atoms with Crippen molar-refractivity contribution < 1.29 is 33.3 Å². The van der Waals surface area contributed by atoms with E-state index >= 15 is 0 Å². The van der Waals surface area contributed by atoms with E-state index < -0.39 is 23.5 Å². The van der Waals surface area contributed by atoms with Crippen LogP contribution in [0.1, 0.15) is 34.3 Å². The zero-order valence-electron chi connectivity index (χ0n) is 20.0. The number of aliphatic hydroxyl groups excluding tert-OH is 1. The Balaban J connectivity index is 1.77. The maximum atomic E-state index is 13.4. The number of nitrogens with zero attached hydrogens (tertiary/aromatic N) is 3. The topological polar surface area (TPSA) is 116 Å². The van der Waals surface area contributed by atoms with Crippen LogP contribution >= 0.6 is 0 Å². The van der Waals surface area contributed by atoms with Gasteiger partial charge in [-0.1, -0.05) is 0 Å². The number of Topliss-reactive ketones (excluding diaryl/α,β-unsaturated/α-hetero) is 1. The predicted octanol–water partition coefficient (Wildman–Crippen LogP) is 3.48. The standard InChI is InChI=1S/C25H27N3O7/c1-15-6-7-17(35-15)22(29)20-21(16-12-18(32-2)24(34-4)19(13-16)33-3)28(25(31)23(20)30)10-5-9-27-11-8-26-14-27/h6-8,11-14,21,30H,5,9-10H2,1-4H3/t21-/m1/s1. The van der Waals surface area contributed by atoms with Crippen molar-refractivity contribution in [2.24, 2.45) is 0 Å². The van der Waals surface area contributed by atoms with Gasteiger partial charge in [-0.3, -0.25) is 9.59 Å². The van der Waals surface area contributed by atoms with Crippen LogP contribution < -0.4 is 14.2 Å². The summed E-state index contributed by atoms with van der Waals surface area (Å²) in [5.74, 6) is -0.142. The number of hydrogen-bond acceptors (Lipinski definition) is 8. The summed E-state index contributed by atoms with van der Waals surface area (Å²) in [6, 6.07) is 5.62. The van der Waals surface area contributed by atoms with Crippen molar-refractivity contribution in [3.05, 3.63) is 71.4 Å². The number of furan rings is 1. The first-order valence-corrected chi connectivity index (χ1v) is 11.0. The first kappa shape index (κ1) is 23.9. The second-order valence-electron chi connectivity index (χ2n) is 8.02. The highest BCUT2D eigenvalue weighted by Gasteiger charge is 2.44. The van der Waals surface area contributed by atoms with Crippen molar-refractivity contribution in [1.82, 2.24) is 14.5 Å². The quantitative estimate of drug-likeness (QED) is 0.438. The molecule has 10 heteroatoms. The summed E-state index contributed by atoms with van der Waals surface area (Å²) < 4.78 is 23.8. The van der Waals surface area contributed by atoms with Gasteiger partial charge in [0.1, 0.15) is 5.76 Å². The largest absolute Gasteiger partial charge is 0.503 e. The van der Waals surface area contributed by atoms with Crippen molar-refractivity contribution in [1.29, 1.82) is 0 Å². The third-order valence-electron chi connectivity index (χ3n) is 5.89. The Bertz CT molecular complexity index is 1230. The van der Waals surface area contributed by atoms with Gasteiger partial charge in [0.15, 0.2) is 23.0 Å². The van der Waals surface area contributed by atoms with Gasteiger partial charge in [0.05, 0.1) is 39.3 Å². The van der Waals surface area contributed by atoms with Crippen molar-refractivity contribution >= 4 is 11.7 Å². The molecule has 4 rings (SSSR count). The normalized spacial score (nSPS) is 15.6. The molecule has 0 fully saturated rings. The second-order valence-corrected chi connectivity index (χ2v) is 8.02.